The molecule has 1 unspecified atom stereocenters. The molecule has 1 aromatic rings. The van der Waals surface area contributed by atoms with Crippen molar-refractivity contribution in [1.82, 2.24) is 15.1 Å². The molecular weight excluding hydrogens is 252 g/mol. The largest absolute Gasteiger partial charge is 0.388 e. The van der Waals surface area contributed by atoms with Gasteiger partial charge in [0.15, 0.2) is 0 Å². The summed E-state index contributed by atoms with van der Waals surface area (Å²) in [6.07, 6.45) is 1.55. The maximum atomic E-state index is 12.2. The van der Waals surface area contributed by atoms with Crippen molar-refractivity contribution in [1.29, 1.82) is 0 Å². The number of β-amino-alcohol motifs (C(OH)–C–C–N with tert-alkyl or cyclic N) is 1. The van der Waals surface area contributed by atoms with Crippen LogP contribution in [0.2, 0.25) is 0 Å². The van der Waals surface area contributed by atoms with Crippen molar-refractivity contribution in [3.63, 3.8) is 0 Å². The summed E-state index contributed by atoms with van der Waals surface area (Å²) in [5.74, 6) is -0.142. The summed E-state index contributed by atoms with van der Waals surface area (Å²) in [5, 5.41) is 21.8. The molecule has 2 rings (SSSR count). The Balaban J connectivity index is 2.05. The zero-order chi connectivity index (χ0) is 13.2. The van der Waals surface area contributed by atoms with Gasteiger partial charge in [-0.25, -0.2) is 0 Å². The number of amides is 1. The molecule has 2 heterocycles. The van der Waals surface area contributed by atoms with Gasteiger partial charge in [0.2, 0.25) is 10.1 Å². The Hall–Kier alpha value is -1.21. The number of carbonyl (C=O) groups excluding carboxylic acids is 1. The number of nitrogens with one attached hydrogen (secondary N) is 1. The highest BCUT2D eigenvalue weighted by molar-refractivity contribution is 7.17. The molecule has 0 spiro atoms. The summed E-state index contributed by atoms with van der Waals surface area (Å²) in [6, 6.07) is 0. The van der Waals surface area contributed by atoms with Crippen LogP contribution in [0.1, 0.15) is 36.5 Å². The van der Waals surface area contributed by atoms with Crippen molar-refractivity contribution in [2.75, 3.05) is 25.0 Å². The molecule has 6 nitrogen and oxygen atoms in total. The first-order valence-electron chi connectivity index (χ1n) is 6.11. The minimum absolute atomic E-state index is 0.142. The molecule has 7 heteroatoms. The third kappa shape index (κ3) is 2.97. The van der Waals surface area contributed by atoms with Gasteiger partial charge >= 0.3 is 0 Å². The van der Waals surface area contributed by atoms with Gasteiger partial charge in [0.05, 0.1) is 5.60 Å². The zero-order valence-electron chi connectivity index (χ0n) is 10.6. The maximum Gasteiger partial charge on any atom is 0.285 e. The van der Waals surface area contributed by atoms with E-state index in [1.807, 2.05) is 6.92 Å². The number of hydrogen-bond acceptors (Lipinski definition) is 6. The number of hydrogen-bond donors (Lipinski definition) is 2. The summed E-state index contributed by atoms with van der Waals surface area (Å²) >= 11 is 1.25. The molecule has 0 saturated carbocycles. The van der Waals surface area contributed by atoms with E-state index < -0.39 is 5.60 Å². The Bertz CT molecular complexity index is 432. The smallest absolute Gasteiger partial charge is 0.285 e. The van der Waals surface area contributed by atoms with Crippen LogP contribution in [0.5, 0.6) is 0 Å². The Morgan fingerprint density at radius 3 is 3.06 bits per heavy atom. The highest BCUT2D eigenvalue weighted by Gasteiger charge is 2.32. The van der Waals surface area contributed by atoms with Crippen molar-refractivity contribution in [2.45, 2.75) is 32.3 Å². The van der Waals surface area contributed by atoms with Gasteiger partial charge in [0, 0.05) is 19.6 Å². The lowest BCUT2D eigenvalue weighted by atomic mass is 9.95. The predicted molar refractivity (Wildman–Crippen MR) is 69.8 cm³/mol. The minimum Gasteiger partial charge on any atom is -0.388 e. The van der Waals surface area contributed by atoms with E-state index in [9.17, 15) is 9.90 Å². The third-order valence-corrected chi connectivity index (χ3v) is 3.77. The first-order valence-corrected chi connectivity index (χ1v) is 6.92. The normalized spacial score (nSPS) is 24.1. The fourth-order valence-electron chi connectivity index (χ4n) is 2.06. The van der Waals surface area contributed by atoms with Crippen LogP contribution in [-0.4, -0.2) is 51.3 Å². The quantitative estimate of drug-likeness (QED) is 0.855. The molecule has 2 N–H and O–H groups in total. The first kappa shape index (κ1) is 13.2. The second-order valence-electron chi connectivity index (χ2n) is 4.77. The number of aromatic nitrogens is 2. The molecule has 1 aromatic heterocycles. The van der Waals surface area contributed by atoms with Crippen molar-refractivity contribution < 1.29 is 9.90 Å². The van der Waals surface area contributed by atoms with Crippen molar-refractivity contribution in [3.05, 3.63) is 5.01 Å². The Morgan fingerprint density at radius 2 is 2.39 bits per heavy atom. The van der Waals surface area contributed by atoms with Crippen LogP contribution in [0.3, 0.4) is 0 Å². The standard InChI is InChI=1S/C11H18N4O2S/c1-3-12-10-14-13-8(18-10)9(16)15-6-4-5-11(2,17)7-15/h17H,3-7H2,1-2H3,(H,12,14). The second kappa shape index (κ2) is 5.19. The molecule has 1 aliphatic rings. The molecule has 0 aromatic carbocycles. The van der Waals surface area contributed by atoms with Crippen LogP contribution in [-0.2, 0) is 0 Å². The molecule has 1 amide bonds. The average molecular weight is 270 g/mol. The van der Waals surface area contributed by atoms with Gasteiger partial charge in [-0.2, -0.15) is 0 Å². The molecule has 18 heavy (non-hydrogen) atoms. The number of carbonyl (C=O) groups is 1. The lowest BCUT2D eigenvalue weighted by Crippen LogP contribution is -2.48. The Labute approximate surface area is 110 Å². The number of piperidine rings is 1. The fourth-order valence-corrected chi connectivity index (χ4v) is 2.84. The van der Waals surface area contributed by atoms with Gasteiger partial charge < -0.3 is 15.3 Å². The van der Waals surface area contributed by atoms with Gasteiger partial charge in [-0.15, -0.1) is 10.2 Å². The van der Waals surface area contributed by atoms with Crippen LogP contribution >= 0.6 is 11.3 Å². The van der Waals surface area contributed by atoms with E-state index in [2.05, 4.69) is 15.5 Å². The van der Waals surface area contributed by atoms with Gasteiger partial charge in [-0.1, -0.05) is 11.3 Å². The molecular formula is C11H18N4O2S. The van der Waals surface area contributed by atoms with Gasteiger partial charge in [0.25, 0.3) is 5.91 Å². The van der Waals surface area contributed by atoms with E-state index in [1.54, 1.807) is 11.8 Å². The Morgan fingerprint density at radius 1 is 1.61 bits per heavy atom. The molecule has 0 radical (unpaired) electrons. The summed E-state index contributed by atoms with van der Waals surface area (Å²) < 4.78 is 0. The van der Waals surface area contributed by atoms with Crippen molar-refractivity contribution in [3.8, 4) is 0 Å². The summed E-state index contributed by atoms with van der Waals surface area (Å²) in [7, 11) is 0. The number of aliphatic hydroxyl groups is 1. The number of rotatable bonds is 3. The Kier molecular flexibility index (Phi) is 3.82. The topological polar surface area (TPSA) is 78.4 Å². The molecule has 0 aliphatic carbocycles. The van der Waals surface area contributed by atoms with E-state index >= 15 is 0 Å². The van der Waals surface area contributed by atoms with Crippen molar-refractivity contribution in [2.24, 2.45) is 0 Å². The zero-order valence-corrected chi connectivity index (χ0v) is 11.5. The van der Waals surface area contributed by atoms with Crippen LogP contribution in [0, 0.1) is 0 Å². The van der Waals surface area contributed by atoms with Crippen molar-refractivity contribution >= 4 is 22.4 Å². The highest BCUT2D eigenvalue weighted by atomic mass is 32.1. The predicted octanol–water partition coefficient (Wildman–Crippen LogP) is 0.957. The lowest BCUT2D eigenvalue weighted by Gasteiger charge is -2.36. The second-order valence-corrected chi connectivity index (χ2v) is 5.75. The molecule has 1 atom stereocenters. The van der Waals surface area contributed by atoms with Crippen LogP contribution in [0.4, 0.5) is 5.13 Å². The number of nitrogens with zero attached hydrogens (tertiary/aromatic N) is 3. The van der Waals surface area contributed by atoms with E-state index in [0.717, 1.165) is 19.4 Å². The minimum atomic E-state index is -0.789. The SMILES string of the molecule is CCNc1nnc(C(=O)N2CCCC(C)(O)C2)s1. The highest BCUT2D eigenvalue weighted by Crippen LogP contribution is 2.23. The molecule has 100 valence electrons. The average Bonchev–Trinajstić information content (AvgIpc) is 2.76. The number of likely N-dealkylation sites (tertiary alicyclic amines) is 1. The van der Waals surface area contributed by atoms with E-state index in [-0.39, 0.29) is 5.91 Å². The molecule has 0 bridgehead atoms. The summed E-state index contributed by atoms with van der Waals surface area (Å²) in [6.45, 7) is 5.51. The van der Waals surface area contributed by atoms with Crippen LogP contribution in [0.25, 0.3) is 0 Å². The van der Waals surface area contributed by atoms with E-state index in [0.29, 0.717) is 23.2 Å². The monoisotopic (exact) mass is 270 g/mol. The molecule has 1 aliphatic heterocycles. The van der Waals surface area contributed by atoms with Crippen LogP contribution < -0.4 is 5.32 Å². The number of anilines is 1. The fraction of sp³-hybridized carbons (Fsp3) is 0.727. The van der Waals surface area contributed by atoms with Crippen LogP contribution in [0.15, 0.2) is 0 Å². The lowest BCUT2D eigenvalue weighted by molar-refractivity contribution is -0.0107. The first-order chi connectivity index (χ1) is 8.52. The maximum absolute atomic E-state index is 12.2. The van der Waals surface area contributed by atoms with Gasteiger partial charge in [0.1, 0.15) is 0 Å². The summed E-state index contributed by atoms with van der Waals surface area (Å²) in [4.78, 5) is 13.9. The van der Waals surface area contributed by atoms with E-state index in [4.69, 9.17) is 0 Å². The molecule has 1 fully saturated rings. The van der Waals surface area contributed by atoms with Gasteiger partial charge in [-0.05, 0) is 26.7 Å². The summed E-state index contributed by atoms with van der Waals surface area (Å²) in [5.41, 5.74) is -0.789. The third-order valence-electron chi connectivity index (χ3n) is 2.90. The molecule has 1 saturated heterocycles. The van der Waals surface area contributed by atoms with E-state index in [1.165, 1.54) is 11.3 Å². The van der Waals surface area contributed by atoms with Gasteiger partial charge in [-0.3, -0.25) is 4.79 Å².